The average molecular weight is 242 g/mol. The SMILES string of the molecule is C[C@@H]([C]=O)NC(=O)C(O)c1cc(F)cc(F)c1. The maximum absolute atomic E-state index is 12.8. The largest absolute Gasteiger partial charge is 0.378 e. The number of carbonyl (C=O) groups excluding carboxylic acids is 2. The van der Waals surface area contributed by atoms with E-state index in [-0.39, 0.29) is 5.56 Å². The number of hydrogen-bond acceptors (Lipinski definition) is 3. The third-order valence-corrected chi connectivity index (χ3v) is 1.98. The van der Waals surface area contributed by atoms with Gasteiger partial charge in [0, 0.05) is 6.07 Å². The van der Waals surface area contributed by atoms with Crippen molar-refractivity contribution in [3.05, 3.63) is 35.4 Å². The number of aliphatic hydroxyl groups excluding tert-OH is 1. The van der Waals surface area contributed by atoms with Crippen LogP contribution in [0.5, 0.6) is 0 Å². The molecule has 6 heteroatoms. The van der Waals surface area contributed by atoms with Crippen LogP contribution in [0.4, 0.5) is 8.78 Å². The van der Waals surface area contributed by atoms with Crippen molar-refractivity contribution in [3.8, 4) is 0 Å². The molecule has 0 aliphatic carbocycles. The van der Waals surface area contributed by atoms with Gasteiger partial charge in [0.25, 0.3) is 5.91 Å². The average Bonchev–Trinajstić information content (AvgIpc) is 2.26. The summed E-state index contributed by atoms with van der Waals surface area (Å²) < 4.78 is 25.7. The Balaban J connectivity index is 2.84. The molecule has 17 heavy (non-hydrogen) atoms. The van der Waals surface area contributed by atoms with Crippen LogP contribution in [0.25, 0.3) is 0 Å². The fraction of sp³-hybridized carbons (Fsp3) is 0.273. The lowest BCUT2D eigenvalue weighted by Gasteiger charge is -2.13. The molecule has 1 rings (SSSR count). The standard InChI is InChI=1S/C11H10F2NO3/c1-6(5-15)14-11(17)10(16)7-2-8(12)4-9(13)3-7/h2-4,6,10,16H,1H3,(H,14,17)/t6-,10?/m0/s1. The zero-order valence-corrected chi connectivity index (χ0v) is 8.91. The summed E-state index contributed by atoms with van der Waals surface area (Å²) in [6.07, 6.45) is -0.256. The molecule has 0 fully saturated rings. The number of rotatable bonds is 4. The van der Waals surface area contributed by atoms with E-state index in [0.29, 0.717) is 6.07 Å². The topological polar surface area (TPSA) is 66.4 Å². The Morgan fingerprint density at radius 1 is 1.35 bits per heavy atom. The normalized spacial score (nSPS) is 13.9. The number of hydrogen-bond donors (Lipinski definition) is 2. The van der Waals surface area contributed by atoms with Gasteiger partial charge in [-0.2, -0.15) is 0 Å². The lowest BCUT2D eigenvalue weighted by Crippen LogP contribution is -2.37. The van der Waals surface area contributed by atoms with Gasteiger partial charge in [-0.15, -0.1) is 0 Å². The molecule has 1 aromatic rings. The lowest BCUT2D eigenvalue weighted by atomic mass is 10.1. The quantitative estimate of drug-likeness (QED) is 0.813. The van der Waals surface area contributed by atoms with Crippen LogP contribution < -0.4 is 5.32 Å². The summed E-state index contributed by atoms with van der Waals surface area (Å²) in [5.74, 6) is -2.73. The number of halogens is 2. The van der Waals surface area contributed by atoms with Gasteiger partial charge in [-0.1, -0.05) is 0 Å². The van der Waals surface area contributed by atoms with Crippen LogP contribution in [-0.4, -0.2) is 23.3 Å². The molecular weight excluding hydrogens is 232 g/mol. The second-order valence-corrected chi connectivity index (χ2v) is 3.45. The second-order valence-electron chi connectivity index (χ2n) is 3.45. The summed E-state index contributed by atoms with van der Waals surface area (Å²) >= 11 is 0. The van der Waals surface area contributed by atoms with E-state index in [9.17, 15) is 23.5 Å². The van der Waals surface area contributed by atoms with Gasteiger partial charge < -0.3 is 10.4 Å². The molecule has 4 nitrogen and oxygen atoms in total. The van der Waals surface area contributed by atoms with E-state index in [4.69, 9.17) is 0 Å². The predicted molar refractivity (Wildman–Crippen MR) is 54.6 cm³/mol. The van der Waals surface area contributed by atoms with Gasteiger partial charge in [0.1, 0.15) is 11.6 Å². The third-order valence-electron chi connectivity index (χ3n) is 1.98. The van der Waals surface area contributed by atoms with E-state index in [2.05, 4.69) is 5.32 Å². The molecule has 0 saturated heterocycles. The predicted octanol–water partition coefficient (Wildman–Crippen LogP) is 0.613. The number of benzene rings is 1. The molecule has 0 saturated carbocycles. The first-order valence-corrected chi connectivity index (χ1v) is 4.76. The van der Waals surface area contributed by atoms with Crippen LogP contribution in [0, 0.1) is 11.6 Å². The Morgan fingerprint density at radius 3 is 2.35 bits per heavy atom. The van der Waals surface area contributed by atoms with Crippen molar-refractivity contribution in [2.75, 3.05) is 0 Å². The molecule has 0 aromatic heterocycles. The van der Waals surface area contributed by atoms with Crippen LogP contribution in [0.1, 0.15) is 18.6 Å². The molecule has 0 heterocycles. The fourth-order valence-corrected chi connectivity index (χ4v) is 1.21. The van der Waals surface area contributed by atoms with Crippen molar-refractivity contribution in [1.29, 1.82) is 0 Å². The molecule has 0 bridgehead atoms. The monoisotopic (exact) mass is 242 g/mol. The van der Waals surface area contributed by atoms with Crippen molar-refractivity contribution in [1.82, 2.24) is 5.32 Å². The van der Waals surface area contributed by atoms with Crippen LogP contribution in [0.3, 0.4) is 0 Å². The van der Waals surface area contributed by atoms with E-state index < -0.39 is 29.7 Å². The summed E-state index contributed by atoms with van der Waals surface area (Å²) in [6, 6.07) is 1.39. The van der Waals surface area contributed by atoms with Crippen molar-refractivity contribution in [3.63, 3.8) is 0 Å². The summed E-state index contributed by atoms with van der Waals surface area (Å²) in [4.78, 5) is 21.5. The fourth-order valence-electron chi connectivity index (χ4n) is 1.21. The highest BCUT2D eigenvalue weighted by atomic mass is 19.1. The Labute approximate surface area is 96.3 Å². The molecular formula is C11H10F2NO3. The lowest BCUT2D eigenvalue weighted by molar-refractivity contribution is -0.129. The van der Waals surface area contributed by atoms with Crippen LogP contribution in [0.15, 0.2) is 18.2 Å². The first-order valence-electron chi connectivity index (χ1n) is 4.76. The van der Waals surface area contributed by atoms with Gasteiger partial charge in [-0.25, -0.2) is 8.78 Å². The number of nitrogens with one attached hydrogen (secondary N) is 1. The number of amides is 1. The molecule has 2 N–H and O–H groups in total. The van der Waals surface area contributed by atoms with Gasteiger partial charge in [0.2, 0.25) is 6.29 Å². The molecule has 0 spiro atoms. The molecule has 0 aliphatic heterocycles. The highest BCUT2D eigenvalue weighted by molar-refractivity contribution is 5.84. The summed E-state index contributed by atoms with van der Waals surface area (Å²) in [5, 5.41) is 11.6. The minimum absolute atomic E-state index is 0.224. The molecule has 0 aliphatic rings. The van der Waals surface area contributed by atoms with Gasteiger partial charge in [0.15, 0.2) is 6.10 Å². The number of aliphatic hydroxyl groups is 1. The summed E-state index contributed by atoms with van der Waals surface area (Å²) in [7, 11) is 0. The van der Waals surface area contributed by atoms with E-state index in [1.165, 1.54) is 13.2 Å². The van der Waals surface area contributed by atoms with E-state index in [0.717, 1.165) is 12.1 Å². The Morgan fingerprint density at radius 2 is 1.88 bits per heavy atom. The first-order chi connectivity index (χ1) is 7.93. The highest BCUT2D eigenvalue weighted by Crippen LogP contribution is 2.16. The van der Waals surface area contributed by atoms with Crippen LogP contribution in [0.2, 0.25) is 0 Å². The summed E-state index contributed by atoms with van der Waals surface area (Å²) in [5.41, 5.74) is -0.224. The zero-order chi connectivity index (χ0) is 13.0. The molecule has 1 radical (unpaired) electrons. The highest BCUT2D eigenvalue weighted by Gasteiger charge is 2.20. The maximum atomic E-state index is 12.8. The molecule has 1 unspecified atom stereocenters. The van der Waals surface area contributed by atoms with Crippen LogP contribution in [-0.2, 0) is 9.59 Å². The summed E-state index contributed by atoms with van der Waals surface area (Å²) in [6.45, 7) is 1.35. The smallest absolute Gasteiger partial charge is 0.254 e. The minimum Gasteiger partial charge on any atom is -0.378 e. The van der Waals surface area contributed by atoms with E-state index in [1.807, 2.05) is 0 Å². The Bertz CT molecular complexity index is 416. The zero-order valence-electron chi connectivity index (χ0n) is 8.91. The van der Waals surface area contributed by atoms with Gasteiger partial charge in [-0.3, -0.25) is 9.59 Å². The minimum atomic E-state index is -1.74. The third kappa shape index (κ3) is 3.60. The first kappa shape index (κ1) is 13.2. The van der Waals surface area contributed by atoms with Gasteiger partial charge >= 0.3 is 0 Å². The van der Waals surface area contributed by atoms with Gasteiger partial charge in [-0.05, 0) is 24.6 Å². The maximum Gasteiger partial charge on any atom is 0.254 e. The van der Waals surface area contributed by atoms with E-state index in [1.54, 1.807) is 0 Å². The van der Waals surface area contributed by atoms with Gasteiger partial charge in [0.05, 0.1) is 6.04 Å². The molecule has 91 valence electrons. The van der Waals surface area contributed by atoms with Crippen molar-refractivity contribution in [2.45, 2.75) is 19.1 Å². The Kier molecular flexibility index (Phi) is 4.28. The van der Waals surface area contributed by atoms with Crippen molar-refractivity contribution < 1.29 is 23.5 Å². The second kappa shape index (κ2) is 5.49. The Hall–Kier alpha value is -1.82. The number of carbonyl (C=O) groups is 1. The molecule has 2 atom stereocenters. The van der Waals surface area contributed by atoms with Crippen molar-refractivity contribution in [2.24, 2.45) is 0 Å². The molecule has 1 aromatic carbocycles. The van der Waals surface area contributed by atoms with Crippen molar-refractivity contribution >= 4 is 12.2 Å². The molecule has 1 amide bonds. The van der Waals surface area contributed by atoms with Crippen LogP contribution >= 0.6 is 0 Å². The van der Waals surface area contributed by atoms with E-state index >= 15 is 0 Å².